The number of carbonyl (C=O) groups is 3. The van der Waals surface area contributed by atoms with Gasteiger partial charge in [0.2, 0.25) is 5.91 Å². The molecule has 0 saturated carbocycles. The molecule has 2 N–H and O–H groups in total. The van der Waals surface area contributed by atoms with Crippen molar-refractivity contribution in [1.82, 2.24) is 10.2 Å². The summed E-state index contributed by atoms with van der Waals surface area (Å²) in [5.74, 6) is -0.186. The third kappa shape index (κ3) is 6.59. The summed E-state index contributed by atoms with van der Waals surface area (Å²) in [5, 5.41) is 5.67. The monoisotopic (exact) mass is 465 g/mol. The molecule has 0 aromatic heterocycles. The summed E-state index contributed by atoms with van der Waals surface area (Å²) < 4.78 is 5.48. The Morgan fingerprint density at radius 3 is 2.47 bits per heavy atom. The summed E-state index contributed by atoms with van der Waals surface area (Å²) >= 11 is 0. The molecule has 3 rings (SSSR count). The van der Waals surface area contributed by atoms with Crippen molar-refractivity contribution in [3.05, 3.63) is 59.7 Å². The van der Waals surface area contributed by atoms with E-state index in [2.05, 4.69) is 17.6 Å². The van der Waals surface area contributed by atoms with Crippen molar-refractivity contribution < 1.29 is 19.1 Å². The molecule has 1 heterocycles. The first-order chi connectivity index (χ1) is 16.3. The molecule has 2 aromatic carbocycles. The fourth-order valence-corrected chi connectivity index (χ4v) is 4.13. The largest absolute Gasteiger partial charge is 0.484 e. The molecule has 3 amide bonds. The summed E-state index contributed by atoms with van der Waals surface area (Å²) in [5.41, 5.74) is 2.04. The molecule has 1 aliphatic heterocycles. The van der Waals surface area contributed by atoms with Gasteiger partial charge in [-0.25, -0.2) is 0 Å². The molecule has 1 fully saturated rings. The summed E-state index contributed by atoms with van der Waals surface area (Å²) in [6.45, 7) is 8.30. The van der Waals surface area contributed by atoms with Crippen LogP contribution in [0.1, 0.15) is 56.0 Å². The van der Waals surface area contributed by atoms with Crippen LogP contribution >= 0.6 is 0 Å². The van der Waals surface area contributed by atoms with Gasteiger partial charge in [0.1, 0.15) is 11.8 Å². The van der Waals surface area contributed by atoms with Crippen LogP contribution in [-0.4, -0.2) is 47.9 Å². The van der Waals surface area contributed by atoms with Crippen LogP contribution in [0.4, 0.5) is 5.69 Å². The van der Waals surface area contributed by atoms with E-state index < -0.39 is 6.04 Å². The number of carbonyl (C=O) groups excluding carboxylic acids is 3. The van der Waals surface area contributed by atoms with E-state index in [0.717, 1.165) is 31.4 Å². The molecule has 0 spiro atoms. The zero-order valence-corrected chi connectivity index (χ0v) is 20.5. The molecule has 34 heavy (non-hydrogen) atoms. The van der Waals surface area contributed by atoms with Gasteiger partial charge in [0, 0.05) is 23.8 Å². The zero-order valence-electron chi connectivity index (χ0n) is 20.5. The number of likely N-dealkylation sites (tertiary alicyclic amines) is 1. The average Bonchev–Trinajstić information content (AvgIpc) is 2.82. The van der Waals surface area contributed by atoms with Gasteiger partial charge in [-0.2, -0.15) is 0 Å². The number of ether oxygens (including phenoxy) is 1. The third-order valence-electron chi connectivity index (χ3n) is 6.17. The molecular formula is C27H35N3O4. The molecule has 7 heteroatoms. The first-order valence-corrected chi connectivity index (χ1v) is 12.0. The second-order valence-corrected chi connectivity index (χ2v) is 9.25. The highest BCUT2D eigenvalue weighted by molar-refractivity contribution is 5.99. The number of piperidine rings is 1. The molecule has 182 valence electrons. The number of para-hydroxylation sites is 1. The summed E-state index contributed by atoms with van der Waals surface area (Å²) in [6, 6.07) is 13.9. The Kier molecular flexibility index (Phi) is 8.68. The summed E-state index contributed by atoms with van der Waals surface area (Å²) in [7, 11) is 0. The van der Waals surface area contributed by atoms with Crippen LogP contribution in [0.5, 0.6) is 5.75 Å². The van der Waals surface area contributed by atoms with Gasteiger partial charge in [-0.15, -0.1) is 0 Å². The van der Waals surface area contributed by atoms with E-state index in [4.69, 9.17) is 4.74 Å². The van der Waals surface area contributed by atoms with E-state index in [1.165, 1.54) is 0 Å². The average molecular weight is 466 g/mol. The SMILES string of the molecule is Cc1cc(C(=O)N2CCCCC2C)ccc1NC(=O)C(NC(=O)COc1ccccc1)C(C)C. The maximum Gasteiger partial charge on any atom is 0.258 e. The summed E-state index contributed by atoms with van der Waals surface area (Å²) in [6.07, 6.45) is 3.21. The highest BCUT2D eigenvalue weighted by Crippen LogP contribution is 2.23. The molecule has 2 aromatic rings. The fourth-order valence-electron chi connectivity index (χ4n) is 4.13. The summed E-state index contributed by atoms with van der Waals surface area (Å²) in [4.78, 5) is 40.3. The van der Waals surface area contributed by atoms with Crippen LogP contribution < -0.4 is 15.4 Å². The number of anilines is 1. The number of benzene rings is 2. The van der Waals surface area contributed by atoms with Crippen molar-refractivity contribution in [2.75, 3.05) is 18.5 Å². The molecule has 7 nitrogen and oxygen atoms in total. The van der Waals surface area contributed by atoms with Gasteiger partial charge in [0.05, 0.1) is 0 Å². The Balaban J connectivity index is 1.61. The van der Waals surface area contributed by atoms with E-state index in [0.29, 0.717) is 17.0 Å². The molecule has 0 radical (unpaired) electrons. The topological polar surface area (TPSA) is 87.7 Å². The van der Waals surface area contributed by atoms with Crippen LogP contribution in [0.3, 0.4) is 0 Å². The van der Waals surface area contributed by atoms with E-state index >= 15 is 0 Å². The number of nitrogens with zero attached hydrogens (tertiary/aromatic N) is 1. The van der Waals surface area contributed by atoms with E-state index in [9.17, 15) is 14.4 Å². The Morgan fingerprint density at radius 2 is 1.82 bits per heavy atom. The van der Waals surface area contributed by atoms with Crippen molar-refractivity contribution in [3.63, 3.8) is 0 Å². The lowest BCUT2D eigenvalue weighted by Crippen LogP contribution is -2.48. The first-order valence-electron chi connectivity index (χ1n) is 12.0. The van der Waals surface area contributed by atoms with Crippen molar-refractivity contribution in [2.24, 2.45) is 5.92 Å². The van der Waals surface area contributed by atoms with Crippen molar-refractivity contribution in [1.29, 1.82) is 0 Å². The molecule has 0 aliphatic carbocycles. The minimum atomic E-state index is -0.721. The van der Waals surface area contributed by atoms with Crippen LogP contribution in [-0.2, 0) is 9.59 Å². The number of hydrogen-bond donors (Lipinski definition) is 2. The number of rotatable bonds is 8. The molecule has 2 unspecified atom stereocenters. The Bertz CT molecular complexity index is 1010. The number of nitrogens with one attached hydrogen (secondary N) is 2. The van der Waals surface area contributed by atoms with Crippen LogP contribution in [0.25, 0.3) is 0 Å². The minimum Gasteiger partial charge on any atom is -0.484 e. The second-order valence-electron chi connectivity index (χ2n) is 9.25. The van der Waals surface area contributed by atoms with Gasteiger partial charge in [0.25, 0.3) is 11.8 Å². The smallest absolute Gasteiger partial charge is 0.258 e. The molecule has 0 bridgehead atoms. The Hall–Kier alpha value is -3.35. The first kappa shape index (κ1) is 25.3. The third-order valence-corrected chi connectivity index (χ3v) is 6.17. The van der Waals surface area contributed by atoms with Crippen molar-refractivity contribution in [3.8, 4) is 5.75 Å². The van der Waals surface area contributed by atoms with Gasteiger partial charge in [-0.05, 0) is 74.9 Å². The fraction of sp³-hybridized carbons (Fsp3) is 0.444. The van der Waals surface area contributed by atoms with Gasteiger partial charge in [-0.3, -0.25) is 14.4 Å². The lowest BCUT2D eigenvalue weighted by Gasteiger charge is -2.33. The van der Waals surface area contributed by atoms with Gasteiger partial charge in [-0.1, -0.05) is 32.0 Å². The Labute approximate surface area is 201 Å². The standard InChI is InChI=1S/C27H35N3O4/c1-18(2)25(29-24(31)17-34-22-11-6-5-7-12-22)26(32)28-23-14-13-21(16-19(23)3)27(33)30-15-9-8-10-20(30)4/h5-7,11-14,16,18,20,25H,8-10,15,17H2,1-4H3,(H,28,32)(H,29,31). The normalized spacial score (nSPS) is 16.6. The van der Waals surface area contributed by atoms with Gasteiger partial charge < -0.3 is 20.3 Å². The highest BCUT2D eigenvalue weighted by Gasteiger charge is 2.26. The Morgan fingerprint density at radius 1 is 1.09 bits per heavy atom. The lowest BCUT2D eigenvalue weighted by molar-refractivity contribution is -0.128. The van der Waals surface area contributed by atoms with E-state index in [-0.39, 0.29) is 36.3 Å². The maximum absolute atomic E-state index is 13.0. The quantitative estimate of drug-likeness (QED) is 0.613. The number of amides is 3. The highest BCUT2D eigenvalue weighted by atomic mass is 16.5. The molecule has 1 saturated heterocycles. The number of hydrogen-bond acceptors (Lipinski definition) is 4. The maximum atomic E-state index is 13.0. The predicted octanol–water partition coefficient (Wildman–Crippen LogP) is 4.17. The number of aryl methyl sites for hydroxylation is 1. The van der Waals surface area contributed by atoms with Crippen LogP contribution in [0.15, 0.2) is 48.5 Å². The van der Waals surface area contributed by atoms with Gasteiger partial charge in [0.15, 0.2) is 6.61 Å². The zero-order chi connectivity index (χ0) is 24.7. The second kappa shape index (κ2) is 11.7. The van der Waals surface area contributed by atoms with Crippen LogP contribution in [0, 0.1) is 12.8 Å². The van der Waals surface area contributed by atoms with E-state index in [1.54, 1.807) is 24.3 Å². The van der Waals surface area contributed by atoms with Crippen molar-refractivity contribution in [2.45, 2.75) is 59.0 Å². The molecule has 2 atom stereocenters. The van der Waals surface area contributed by atoms with Gasteiger partial charge >= 0.3 is 0 Å². The van der Waals surface area contributed by atoms with Crippen molar-refractivity contribution >= 4 is 23.4 Å². The minimum absolute atomic E-state index is 0.0268. The van der Waals surface area contributed by atoms with E-state index in [1.807, 2.05) is 49.9 Å². The lowest BCUT2D eigenvalue weighted by atomic mass is 10.0. The van der Waals surface area contributed by atoms with Crippen LogP contribution in [0.2, 0.25) is 0 Å². The predicted molar refractivity (Wildman–Crippen MR) is 133 cm³/mol. The molecule has 1 aliphatic rings. The molecular weight excluding hydrogens is 430 g/mol.